The van der Waals surface area contributed by atoms with E-state index in [-0.39, 0.29) is 11.6 Å². The molecule has 0 saturated heterocycles. The summed E-state index contributed by atoms with van der Waals surface area (Å²) in [6.45, 7) is 19.9. The Morgan fingerprint density at radius 1 is 0.783 bits per heavy atom. The van der Waals surface area contributed by atoms with Crippen LogP contribution in [-0.2, 0) is 12.3 Å². The maximum absolute atomic E-state index is 10.2. The molecule has 0 bridgehead atoms. The zero-order chi connectivity index (χ0) is 18.1. The van der Waals surface area contributed by atoms with Crippen molar-refractivity contribution in [3.63, 3.8) is 0 Å². The van der Waals surface area contributed by atoms with Crippen LogP contribution in [-0.4, -0.2) is 45.0 Å². The Bertz CT molecular complexity index is 344. The Morgan fingerprint density at radius 3 is 1.48 bits per heavy atom. The van der Waals surface area contributed by atoms with Crippen molar-refractivity contribution in [3.8, 4) is 0 Å². The minimum Gasteiger partial charge on any atom is -0.417 e. The first kappa shape index (κ1) is 21.7. The van der Waals surface area contributed by atoms with E-state index in [0.717, 1.165) is 12.8 Å². The SMILES string of the molecule is C[Si](C)(C)O[Si](O[Si](C)(C)C)(O[Si](C)(C)C)C1CC[CH]C(O)C1. The molecule has 0 aliphatic heterocycles. The zero-order valence-corrected chi connectivity index (χ0v) is 20.5. The molecule has 23 heavy (non-hydrogen) atoms. The molecule has 2 unspecified atom stereocenters. The highest BCUT2D eigenvalue weighted by atomic mass is 28.5. The Balaban J connectivity index is 3.25. The van der Waals surface area contributed by atoms with Crippen LogP contribution in [0.2, 0.25) is 64.5 Å². The second-order valence-electron chi connectivity index (χ2n) is 9.56. The van der Waals surface area contributed by atoms with E-state index in [9.17, 15) is 5.11 Å². The molecule has 1 aliphatic carbocycles. The normalized spacial score (nSPS) is 24.8. The first-order valence-corrected chi connectivity index (χ1v) is 20.8. The van der Waals surface area contributed by atoms with Crippen molar-refractivity contribution in [2.45, 2.75) is 89.8 Å². The molecule has 1 rings (SSSR count). The van der Waals surface area contributed by atoms with Gasteiger partial charge in [-0.2, -0.15) is 0 Å². The van der Waals surface area contributed by atoms with E-state index in [2.05, 4.69) is 58.9 Å². The van der Waals surface area contributed by atoms with Crippen LogP contribution in [0.15, 0.2) is 0 Å². The summed E-state index contributed by atoms with van der Waals surface area (Å²) in [4.78, 5) is 0. The maximum Gasteiger partial charge on any atom is 0.472 e. The van der Waals surface area contributed by atoms with Crippen LogP contribution in [0.4, 0.5) is 0 Å². The van der Waals surface area contributed by atoms with Crippen molar-refractivity contribution in [1.29, 1.82) is 0 Å². The molecule has 1 radical (unpaired) electrons. The molecular formula is C15H37O4Si4. The van der Waals surface area contributed by atoms with Crippen LogP contribution >= 0.6 is 0 Å². The van der Waals surface area contributed by atoms with E-state index in [4.69, 9.17) is 12.3 Å². The van der Waals surface area contributed by atoms with Crippen molar-refractivity contribution in [3.05, 3.63) is 6.42 Å². The van der Waals surface area contributed by atoms with Crippen molar-refractivity contribution in [2.24, 2.45) is 0 Å². The Morgan fingerprint density at radius 2 is 1.17 bits per heavy atom. The van der Waals surface area contributed by atoms with Crippen molar-refractivity contribution >= 4 is 33.8 Å². The zero-order valence-electron chi connectivity index (χ0n) is 16.5. The van der Waals surface area contributed by atoms with Gasteiger partial charge in [-0.3, -0.25) is 0 Å². The van der Waals surface area contributed by atoms with E-state index in [1.54, 1.807) is 0 Å². The summed E-state index contributed by atoms with van der Waals surface area (Å²) < 4.78 is 20.2. The molecule has 0 aromatic carbocycles. The number of hydrogen-bond donors (Lipinski definition) is 1. The molecule has 1 aliphatic rings. The van der Waals surface area contributed by atoms with Gasteiger partial charge in [-0.25, -0.2) is 0 Å². The molecule has 1 saturated carbocycles. The lowest BCUT2D eigenvalue weighted by molar-refractivity contribution is 0.147. The summed E-state index contributed by atoms with van der Waals surface area (Å²) in [5.41, 5.74) is 0.215. The summed E-state index contributed by atoms with van der Waals surface area (Å²) in [6, 6.07) is 0. The number of rotatable bonds is 7. The van der Waals surface area contributed by atoms with Gasteiger partial charge in [0.05, 0.1) is 6.10 Å². The van der Waals surface area contributed by atoms with Gasteiger partial charge < -0.3 is 17.5 Å². The molecule has 0 spiro atoms. The van der Waals surface area contributed by atoms with Gasteiger partial charge in [0.25, 0.3) is 0 Å². The van der Waals surface area contributed by atoms with Gasteiger partial charge in [0.15, 0.2) is 25.0 Å². The first-order chi connectivity index (χ1) is 10.1. The highest BCUT2D eigenvalue weighted by Crippen LogP contribution is 2.42. The van der Waals surface area contributed by atoms with E-state index in [1.165, 1.54) is 0 Å². The molecule has 0 amide bonds. The van der Waals surface area contributed by atoms with Crippen molar-refractivity contribution < 1.29 is 17.5 Å². The van der Waals surface area contributed by atoms with E-state index in [0.29, 0.717) is 6.42 Å². The minimum absolute atomic E-state index is 0.215. The average Bonchev–Trinajstić information content (AvgIpc) is 2.21. The van der Waals surface area contributed by atoms with Gasteiger partial charge in [-0.1, -0.05) is 0 Å². The predicted octanol–water partition coefficient (Wildman–Crippen LogP) is 4.60. The van der Waals surface area contributed by atoms with Gasteiger partial charge in [0.1, 0.15) is 0 Å². The van der Waals surface area contributed by atoms with Crippen LogP contribution < -0.4 is 0 Å². The first-order valence-electron chi connectivity index (χ1n) is 8.74. The summed E-state index contributed by atoms with van der Waals surface area (Å²) in [7, 11) is -8.34. The van der Waals surface area contributed by atoms with E-state index < -0.39 is 33.8 Å². The Kier molecular flexibility index (Phi) is 7.12. The van der Waals surface area contributed by atoms with Crippen LogP contribution in [0.1, 0.15) is 19.3 Å². The smallest absolute Gasteiger partial charge is 0.417 e. The molecule has 4 nitrogen and oxygen atoms in total. The standard InChI is InChI=1S/C15H37O4Si4/c1-20(2,3)17-23(18-21(4,5)6,19-22(7,8)9)15-12-10-11-14(16)13-15/h11,14-16H,10,12-13H2,1-9H3. The topological polar surface area (TPSA) is 47.9 Å². The van der Waals surface area contributed by atoms with Gasteiger partial charge in [0.2, 0.25) is 0 Å². The summed E-state index contributed by atoms with van der Waals surface area (Å²) in [5.74, 6) is 0. The fraction of sp³-hybridized carbons (Fsp3) is 0.933. The average molecular weight is 394 g/mol. The fourth-order valence-corrected chi connectivity index (χ4v) is 17.8. The highest BCUT2D eigenvalue weighted by molar-refractivity contribution is 6.90. The lowest BCUT2D eigenvalue weighted by atomic mass is 9.97. The molecule has 8 heteroatoms. The summed E-state index contributed by atoms with van der Waals surface area (Å²) >= 11 is 0. The third kappa shape index (κ3) is 8.08. The molecule has 0 heterocycles. The number of aliphatic hydroxyl groups excluding tert-OH is 1. The second-order valence-corrected chi connectivity index (χ2v) is 26.7. The Hall–Kier alpha value is 0.708. The third-order valence-electron chi connectivity index (χ3n) is 3.33. The minimum atomic E-state index is -2.84. The lowest BCUT2D eigenvalue weighted by Crippen LogP contribution is -2.63. The van der Waals surface area contributed by atoms with Gasteiger partial charge in [0, 0.05) is 5.54 Å². The van der Waals surface area contributed by atoms with Crippen LogP contribution in [0.25, 0.3) is 0 Å². The molecule has 0 aromatic heterocycles. The number of aliphatic hydroxyl groups is 1. The van der Waals surface area contributed by atoms with Gasteiger partial charge in [-0.05, 0) is 84.6 Å². The quantitative estimate of drug-likeness (QED) is 0.642. The molecule has 0 aromatic rings. The van der Waals surface area contributed by atoms with Crippen LogP contribution in [0.5, 0.6) is 0 Å². The Labute approximate surface area is 147 Å². The number of hydrogen-bond acceptors (Lipinski definition) is 4. The fourth-order valence-electron chi connectivity index (χ4n) is 2.91. The molecule has 137 valence electrons. The predicted molar refractivity (Wildman–Crippen MR) is 107 cm³/mol. The lowest BCUT2D eigenvalue weighted by Gasteiger charge is -2.48. The molecule has 1 N–H and O–H groups in total. The molecular weight excluding hydrogens is 357 g/mol. The van der Waals surface area contributed by atoms with Gasteiger partial charge in [-0.15, -0.1) is 0 Å². The van der Waals surface area contributed by atoms with Crippen LogP contribution in [0, 0.1) is 6.42 Å². The summed E-state index contributed by atoms with van der Waals surface area (Å²) in [6.07, 6.45) is 4.28. The highest BCUT2D eigenvalue weighted by Gasteiger charge is 2.56. The second kappa shape index (κ2) is 7.53. The molecule has 1 fully saturated rings. The van der Waals surface area contributed by atoms with Crippen molar-refractivity contribution in [2.75, 3.05) is 0 Å². The summed E-state index contributed by atoms with van der Waals surface area (Å²) in [5, 5.41) is 10.2. The maximum atomic E-state index is 10.2. The van der Waals surface area contributed by atoms with E-state index in [1.807, 2.05) is 6.42 Å². The van der Waals surface area contributed by atoms with Crippen LogP contribution in [0.3, 0.4) is 0 Å². The largest absolute Gasteiger partial charge is 0.472 e. The third-order valence-corrected chi connectivity index (χ3v) is 15.6. The van der Waals surface area contributed by atoms with E-state index >= 15 is 0 Å². The molecule has 2 atom stereocenters. The van der Waals surface area contributed by atoms with Crippen molar-refractivity contribution in [1.82, 2.24) is 0 Å². The van der Waals surface area contributed by atoms with Gasteiger partial charge >= 0.3 is 8.80 Å². The monoisotopic (exact) mass is 393 g/mol.